The number of benzene rings is 2. The lowest BCUT2D eigenvalue weighted by Crippen LogP contribution is -2.33. The number of anilines is 1. The first-order chi connectivity index (χ1) is 17.9. The normalized spacial score (nSPS) is 14.2. The van der Waals surface area contributed by atoms with Crippen LogP contribution in [-0.4, -0.2) is 56.3 Å². The molecule has 37 heavy (non-hydrogen) atoms. The van der Waals surface area contributed by atoms with Crippen molar-refractivity contribution in [3.63, 3.8) is 0 Å². The predicted molar refractivity (Wildman–Crippen MR) is 137 cm³/mol. The molecule has 0 saturated carbocycles. The zero-order valence-corrected chi connectivity index (χ0v) is 20.9. The Balaban J connectivity index is 1.43. The Labute approximate surface area is 214 Å². The number of halogens is 2. The van der Waals surface area contributed by atoms with Gasteiger partial charge in [0.15, 0.2) is 17.4 Å². The fourth-order valence-corrected chi connectivity index (χ4v) is 4.63. The van der Waals surface area contributed by atoms with Crippen molar-refractivity contribution < 1.29 is 13.5 Å². The van der Waals surface area contributed by atoms with E-state index in [0.717, 1.165) is 52.9 Å². The molecule has 0 radical (unpaired) electrons. The number of pyridine rings is 1. The largest absolute Gasteiger partial charge is 0.489 e. The second kappa shape index (κ2) is 10.6. The summed E-state index contributed by atoms with van der Waals surface area (Å²) in [6, 6.07) is 10.7. The predicted octanol–water partition coefficient (Wildman–Crippen LogP) is 4.73. The van der Waals surface area contributed by atoms with Gasteiger partial charge < -0.3 is 10.5 Å². The van der Waals surface area contributed by atoms with Gasteiger partial charge in [0.05, 0.1) is 5.56 Å². The van der Waals surface area contributed by atoms with E-state index in [9.17, 15) is 4.39 Å². The molecule has 0 spiro atoms. The molecule has 0 bridgehead atoms. The molecule has 5 rings (SSSR count). The smallest absolute Gasteiger partial charge is 0.202 e. The van der Waals surface area contributed by atoms with Crippen LogP contribution in [0.3, 0.4) is 0 Å². The fourth-order valence-electron chi connectivity index (χ4n) is 4.63. The van der Waals surface area contributed by atoms with Gasteiger partial charge in [0, 0.05) is 18.3 Å². The Morgan fingerprint density at radius 1 is 0.973 bits per heavy atom. The number of likely N-dealkylation sites (tertiary alicyclic amines) is 1. The van der Waals surface area contributed by atoms with E-state index in [4.69, 9.17) is 10.5 Å². The van der Waals surface area contributed by atoms with Crippen LogP contribution in [-0.2, 0) is 0 Å². The van der Waals surface area contributed by atoms with Crippen LogP contribution in [0.5, 0.6) is 5.75 Å². The molecule has 2 N–H and O–H groups in total. The quantitative estimate of drug-likeness (QED) is 0.388. The molecule has 1 aliphatic rings. The standard InChI is InChI=1S/C27H29F2N7O/c1-17-6-7-18(2)20(14-17)19-15-21(26(30)31-16-19)27-32-33-34-36(27)22-8-9-23(25(29)24(22)28)37-13-12-35-10-4-3-5-11-35/h6-9,14-16H,3-5,10-13H2,1-2H3,(H2,30,31). The highest BCUT2D eigenvalue weighted by molar-refractivity contribution is 5.78. The molecule has 2 aromatic carbocycles. The molecule has 4 aromatic rings. The third-order valence-electron chi connectivity index (χ3n) is 6.70. The Morgan fingerprint density at radius 2 is 1.78 bits per heavy atom. The van der Waals surface area contributed by atoms with Crippen LogP contribution >= 0.6 is 0 Å². The first-order valence-corrected chi connectivity index (χ1v) is 12.4. The van der Waals surface area contributed by atoms with Gasteiger partial charge in [-0.1, -0.05) is 30.2 Å². The van der Waals surface area contributed by atoms with Crippen molar-refractivity contribution in [2.24, 2.45) is 0 Å². The molecule has 192 valence electrons. The number of nitrogens with zero attached hydrogens (tertiary/aromatic N) is 6. The van der Waals surface area contributed by atoms with E-state index in [1.165, 1.54) is 18.6 Å². The zero-order chi connectivity index (χ0) is 25.9. The van der Waals surface area contributed by atoms with Crippen LogP contribution in [0.2, 0.25) is 0 Å². The summed E-state index contributed by atoms with van der Waals surface area (Å²) < 4.78 is 36.9. The Bertz CT molecular complexity index is 1420. The Morgan fingerprint density at radius 3 is 2.59 bits per heavy atom. The van der Waals surface area contributed by atoms with Crippen molar-refractivity contribution in [2.45, 2.75) is 33.1 Å². The number of hydrogen-bond acceptors (Lipinski definition) is 7. The summed E-state index contributed by atoms with van der Waals surface area (Å²) in [7, 11) is 0. The minimum atomic E-state index is -1.11. The highest BCUT2D eigenvalue weighted by atomic mass is 19.2. The maximum atomic E-state index is 15.2. The van der Waals surface area contributed by atoms with Crippen molar-refractivity contribution in [1.29, 1.82) is 0 Å². The summed E-state index contributed by atoms with van der Waals surface area (Å²) >= 11 is 0. The second-order valence-electron chi connectivity index (χ2n) is 9.35. The molecule has 0 unspecified atom stereocenters. The van der Waals surface area contributed by atoms with E-state index in [2.05, 4.69) is 25.4 Å². The number of piperidine rings is 1. The number of hydrogen-bond donors (Lipinski definition) is 1. The molecule has 3 heterocycles. The van der Waals surface area contributed by atoms with Crippen molar-refractivity contribution >= 4 is 5.82 Å². The first-order valence-electron chi connectivity index (χ1n) is 12.4. The lowest BCUT2D eigenvalue weighted by molar-refractivity contribution is 0.179. The van der Waals surface area contributed by atoms with Gasteiger partial charge in [-0.3, -0.25) is 4.90 Å². The topological polar surface area (TPSA) is 95.0 Å². The molecule has 2 aromatic heterocycles. The fraction of sp³-hybridized carbons (Fsp3) is 0.333. The maximum Gasteiger partial charge on any atom is 0.202 e. The first kappa shape index (κ1) is 24.8. The molecule has 0 atom stereocenters. The molecule has 0 amide bonds. The maximum absolute atomic E-state index is 15.2. The van der Waals surface area contributed by atoms with E-state index in [1.54, 1.807) is 12.3 Å². The van der Waals surface area contributed by atoms with Gasteiger partial charge in [-0.05, 0) is 79.5 Å². The molecule has 8 nitrogen and oxygen atoms in total. The molecule has 1 saturated heterocycles. The molecule has 1 aliphatic heterocycles. The van der Waals surface area contributed by atoms with Crippen LogP contribution in [0.15, 0.2) is 42.6 Å². The van der Waals surface area contributed by atoms with Gasteiger partial charge in [-0.2, -0.15) is 9.07 Å². The zero-order valence-electron chi connectivity index (χ0n) is 20.9. The van der Waals surface area contributed by atoms with Gasteiger partial charge in [0.25, 0.3) is 0 Å². The number of tetrazole rings is 1. The van der Waals surface area contributed by atoms with E-state index in [1.807, 2.05) is 32.0 Å². The molecule has 1 fully saturated rings. The number of ether oxygens (including phenoxy) is 1. The number of nitrogen functional groups attached to an aromatic ring is 1. The highest BCUT2D eigenvalue weighted by Crippen LogP contribution is 2.32. The highest BCUT2D eigenvalue weighted by Gasteiger charge is 2.22. The Kier molecular flexibility index (Phi) is 7.09. The summed E-state index contributed by atoms with van der Waals surface area (Å²) in [4.78, 5) is 6.59. The van der Waals surface area contributed by atoms with Gasteiger partial charge in [0.1, 0.15) is 18.1 Å². The summed E-state index contributed by atoms with van der Waals surface area (Å²) in [5, 5.41) is 11.7. The molecule has 10 heteroatoms. The van der Waals surface area contributed by atoms with E-state index in [-0.39, 0.29) is 29.7 Å². The number of nitrogens with two attached hydrogens (primary N) is 1. The molecular weight excluding hydrogens is 476 g/mol. The minimum absolute atomic E-state index is 0.147. The lowest BCUT2D eigenvalue weighted by Gasteiger charge is -2.26. The van der Waals surface area contributed by atoms with E-state index >= 15 is 4.39 Å². The van der Waals surface area contributed by atoms with E-state index < -0.39 is 11.6 Å². The monoisotopic (exact) mass is 505 g/mol. The average Bonchev–Trinajstić information content (AvgIpc) is 3.38. The summed E-state index contributed by atoms with van der Waals surface area (Å²) in [6.45, 7) is 6.96. The van der Waals surface area contributed by atoms with Gasteiger partial charge in [-0.15, -0.1) is 5.10 Å². The van der Waals surface area contributed by atoms with Crippen LogP contribution in [0, 0.1) is 25.5 Å². The van der Waals surface area contributed by atoms with Crippen molar-refractivity contribution in [1.82, 2.24) is 30.1 Å². The number of aryl methyl sites for hydroxylation is 2. The third-order valence-corrected chi connectivity index (χ3v) is 6.70. The number of aromatic nitrogens is 5. The second-order valence-corrected chi connectivity index (χ2v) is 9.35. The van der Waals surface area contributed by atoms with Gasteiger partial charge in [0.2, 0.25) is 5.82 Å². The minimum Gasteiger partial charge on any atom is -0.489 e. The molecular formula is C27H29F2N7O. The van der Waals surface area contributed by atoms with Crippen LogP contribution in [0.1, 0.15) is 30.4 Å². The summed E-state index contributed by atoms with van der Waals surface area (Å²) in [5.74, 6) is -2.03. The van der Waals surface area contributed by atoms with Gasteiger partial charge >= 0.3 is 0 Å². The lowest BCUT2D eigenvalue weighted by atomic mass is 9.98. The van der Waals surface area contributed by atoms with Crippen LogP contribution in [0.25, 0.3) is 28.2 Å². The average molecular weight is 506 g/mol. The Hall–Kier alpha value is -3.92. The number of rotatable bonds is 7. The summed E-state index contributed by atoms with van der Waals surface area (Å²) in [6.07, 6.45) is 5.21. The SMILES string of the molecule is Cc1ccc(C)c(-c2cnc(N)c(-c3nnnn3-c3ccc(OCCN4CCCCC4)c(F)c3F)c2)c1. The molecule has 0 aliphatic carbocycles. The summed E-state index contributed by atoms with van der Waals surface area (Å²) in [5.41, 5.74) is 10.4. The van der Waals surface area contributed by atoms with Crippen LogP contribution in [0.4, 0.5) is 14.6 Å². The van der Waals surface area contributed by atoms with Crippen LogP contribution < -0.4 is 10.5 Å². The van der Waals surface area contributed by atoms with Gasteiger partial charge in [-0.25, -0.2) is 9.37 Å². The van der Waals surface area contributed by atoms with E-state index in [0.29, 0.717) is 12.1 Å². The van der Waals surface area contributed by atoms with Crippen molar-refractivity contribution in [3.05, 3.63) is 65.4 Å². The third kappa shape index (κ3) is 5.15. The van der Waals surface area contributed by atoms with Crippen molar-refractivity contribution in [3.8, 4) is 34.0 Å². The van der Waals surface area contributed by atoms with Crippen molar-refractivity contribution in [2.75, 3.05) is 32.0 Å².